The van der Waals surface area contributed by atoms with Gasteiger partial charge < -0.3 is 19.5 Å². The van der Waals surface area contributed by atoms with Gasteiger partial charge in [-0.05, 0) is 48.0 Å². The van der Waals surface area contributed by atoms with E-state index in [0.29, 0.717) is 29.2 Å². The highest BCUT2D eigenvalue weighted by molar-refractivity contribution is 6.09. The number of methoxy groups -OCH3 is 2. The first-order valence-corrected chi connectivity index (χ1v) is 8.40. The lowest BCUT2D eigenvalue weighted by Gasteiger charge is -2.07. The maximum absolute atomic E-state index is 12.3. The predicted molar refractivity (Wildman–Crippen MR) is 104 cm³/mol. The number of amides is 1. The first-order chi connectivity index (χ1) is 13.6. The number of nitrogens with zero attached hydrogens (tertiary/aromatic N) is 1. The lowest BCUT2D eigenvalue weighted by Crippen LogP contribution is -2.14. The number of hydrogen-bond donors (Lipinski definition) is 1. The molecular formula is C21H20N2O5. The van der Waals surface area contributed by atoms with E-state index in [1.54, 1.807) is 43.5 Å². The first-order valence-electron chi connectivity index (χ1n) is 8.40. The second-order valence-electron chi connectivity index (χ2n) is 5.60. The zero-order valence-corrected chi connectivity index (χ0v) is 15.6. The van der Waals surface area contributed by atoms with Crippen LogP contribution in [0.3, 0.4) is 0 Å². The molecule has 0 spiro atoms. The number of carbonyl (C=O) groups excluding carboxylic acids is 2. The molecule has 2 aromatic carbocycles. The molecule has 1 N–H and O–H groups in total. The van der Waals surface area contributed by atoms with Gasteiger partial charge in [-0.25, -0.2) is 4.79 Å². The van der Waals surface area contributed by atoms with E-state index in [9.17, 15) is 14.9 Å². The fourth-order valence-electron chi connectivity index (χ4n) is 2.20. The second kappa shape index (κ2) is 10.5. The van der Waals surface area contributed by atoms with Gasteiger partial charge in [0.05, 0.1) is 19.3 Å². The van der Waals surface area contributed by atoms with Crippen molar-refractivity contribution in [1.29, 1.82) is 5.26 Å². The third-order valence-electron chi connectivity index (χ3n) is 3.69. The Morgan fingerprint density at radius 1 is 1.04 bits per heavy atom. The maximum atomic E-state index is 12.3. The number of rotatable bonds is 8. The summed E-state index contributed by atoms with van der Waals surface area (Å²) >= 11 is 0. The monoisotopic (exact) mass is 380 g/mol. The van der Waals surface area contributed by atoms with Gasteiger partial charge in [0.2, 0.25) is 0 Å². The number of ether oxygens (including phenoxy) is 3. The van der Waals surface area contributed by atoms with Crippen LogP contribution < -0.4 is 10.1 Å². The average Bonchev–Trinajstić information content (AvgIpc) is 2.73. The SMILES string of the molecule is COCCOC(=O)c1ccc(NC(=O)C(C#N)=Cc2ccc(OC)cc2)cc1. The Balaban J connectivity index is 2.02. The summed E-state index contributed by atoms with van der Waals surface area (Å²) in [6, 6.07) is 15.0. The summed E-state index contributed by atoms with van der Waals surface area (Å²) in [5.74, 6) is -0.346. The van der Waals surface area contributed by atoms with Crippen molar-refractivity contribution in [1.82, 2.24) is 0 Å². The minimum absolute atomic E-state index is 0.0479. The summed E-state index contributed by atoms with van der Waals surface area (Å²) in [4.78, 5) is 24.2. The predicted octanol–water partition coefficient (Wildman–Crippen LogP) is 3.04. The molecule has 0 aliphatic heterocycles. The Morgan fingerprint density at radius 2 is 1.71 bits per heavy atom. The normalized spacial score (nSPS) is 10.7. The third kappa shape index (κ3) is 5.97. The van der Waals surface area contributed by atoms with Crippen LogP contribution in [-0.4, -0.2) is 39.3 Å². The summed E-state index contributed by atoms with van der Waals surface area (Å²) in [6.07, 6.45) is 1.48. The van der Waals surface area contributed by atoms with Gasteiger partial charge in [-0.3, -0.25) is 4.79 Å². The van der Waals surface area contributed by atoms with E-state index in [1.807, 2.05) is 6.07 Å². The van der Waals surface area contributed by atoms with Crippen molar-refractivity contribution in [3.63, 3.8) is 0 Å². The Kier molecular flexibility index (Phi) is 7.76. The van der Waals surface area contributed by atoms with Crippen molar-refractivity contribution >= 4 is 23.6 Å². The highest BCUT2D eigenvalue weighted by atomic mass is 16.6. The van der Waals surface area contributed by atoms with Crippen molar-refractivity contribution in [2.75, 3.05) is 32.8 Å². The van der Waals surface area contributed by atoms with Crippen LogP contribution in [0.2, 0.25) is 0 Å². The van der Waals surface area contributed by atoms with Gasteiger partial charge in [0, 0.05) is 12.8 Å². The van der Waals surface area contributed by atoms with Crippen LogP contribution >= 0.6 is 0 Å². The number of benzene rings is 2. The average molecular weight is 380 g/mol. The molecular weight excluding hydrogens is 360 g/mol. The van der Waals surface area contributed by atoms with Crippen LogP contribution in [-0.2, 0) is 14.3 Å². The molecule has 0 radical (unpaired) electrons. The smallest absolute Gasteiger partial charge is 0.338 e. The molecule has 0 fully saturated rings. The molecule has 0 atom stereocenters. The van der Waals surface area contributed by atoms with E-state index in [1.165, 1.54) is 25.3 Å². The number of hydrogen-bond acceptors (Lipinski definition) is 6. The highest BCUT2D eigenvalue weighted by Crippen LogP contribution is 2.16. The van der Waals surface area contributed by atoms with Gasteiger partial charge in [-0.2, -0.15) is 5.26 Å². The summed E-state index contributed by atoms with van der Waals surface area (Å²) in [6.45, 7) is 0.479. The van der Waals surface area contributed by atoms with E-state index in [-0.39, 0.29) is 12.2 Å². The molecule has 1 amide bonds. The van der Waals surface area contributed by atoms with E-state index >= 15 is 0 Å². The lowest BCUT2D eigenvalue weighted by atomic mass is 10.1. The first kappa shape index (κ1) is 20.7. The molecule has 144 valence electrons. The van der Waals surface area contributed by atoms with Crippen molar-refractivity contribution in [3.05, 3.63) is 65.2 Å². The summed E-state index contributed by atoms with van der Waals surface area (Å²) in [7, 11) is 3.08. The van der Waals surface area contributed by atoms with Crippen molar-refractivity contribution in [2.24, 2.45) is 0 Å². The van der Waals surface area contributed by atoms with Gasteiger partial charge in [0.1, 0.15) is 24.0 Å². The molecule has 0 bridgehead atoms. The molecule has 28 heavy (non-hydrogen) atoms. The Morgan fingerprint density at radius 3 is 2.29 bits per heavy atom. The number of esters is 1. The lowest BCUT2D eigenvalue weighted by molar-refractivity contribution is -0.112. The van der Waals surface area contributed by atoms with Crippen LogP contribution in [0.1, 0.15) is 15.9 Å². The largest absolute Gasteiger partial charge is 0.497 e. The molecule has 0 heterocycles. The molecule has 0 saturated heterocycles. The number of nitrogens with one attached hydrogen (secondary N) is 1. The molecule has 7 heteroatoms. The summed E-state index contributed by atoms with van der Waals surface area (Å²) in [5, 5.41) is 11.9. The van der Waals surface area contributed by atoms with E-state index in [0.717, 1.165) is 0 Å². The van der Waals surface area contributed by atoms with Crippen LogP contribution in [0.4, 0.5) is 5.69 Å². The van der Waals surface area contributed by atoms with Crippen LogP contribution in [0.25, 0.3) is 6.08 Å². The van der Waals surface area contributed by atoms with E-state index in [2.05, 4.69) is 5.32 Å². The summed E-state index contributed by atoms with van der Waals surface area (Å²) < 4.78 is 14.9. The van der Waals surface area contributed by atoms with Crippen molar-refractivity contribution in [3.8, 4) is 11.8 Å². The second-order valence-corrected chi connectivity index (χ2v) is 5.60. The van der Waals surface area contributed by atoms with Crippen molar-refractivity contribution < 1.29 is 23.8 Å². The van der Waals surface area contributed by atoms with Gasteiger partial charge in [0.25, 0.3) is 5.91 Å². The fraction of sp³-hybridized carbons (Fsp3) is 0.190. The van der Waals surface area contributed by atoms with E-state index in [4.69, 9.17) is 14.2 Å². The summed E-state index contributed by atoms with van der Waals surface area (Å²) in [5.41, 5.74) is 1.45. The molecule has 2 rings (SSSR count). The molecule has 0 saturated carbocycles. The van der Waals surface area contributed by atoms with Crippen LogP contribution in [0, 0.1) is 11.3 Å². The number of anilines is 1. The molecule has 0 aromatic heterocycles. The Hall–Kier alpha value is -3.63. The minimum atomic E-state index is -0.547. The molecule has 0 aliphatic carbocycles. The molecule has 0 unspecified atom stereocenters. The Labute approximate surface area is 163 Å². The number of nitriles is 1. The fourth-order valence-corrected chi connectivity index (χ4v) is 2.20. The zero-order valence-electron chi connectivity index (χ0n) is 15.6. The van der Waals surface area contributed by atoms with Crippen LogP contribution in [0.5, 0.6) is 5.75 Å². The Bertz CT molecular complexity index is 881. The highest BCUT2D eigenvalue weighted by Gasteiger charge is 2.11. The molecule has 7 nitrogen and oxygen atoms in total. The van der Waals surface area contributed by atoms with Crippen molar-refractivity contribution in [2.45, 2.75) is 0 Å². The van der Waals surface area contributed by atoms with Crippen LogP contribution in [0.15, 0.2) is 54.1 Å². The zero-order chi connectivity index (χ0) is 20.4. The molecule has 2 aromatic rings. The van der Waals surface area contributed by atoms with Gasteiger partial charge in [0.15, 0.2) is 0 Å². The van der Waals surface area contributed by atoms with E-state index < -0.39 is 11.9 Å². The van der Waals surface area contributed by atoms with Gasteiger partial charge >= 0.3 is 5.97 Å². The number of carbonyl (C=O) groups is 2. The van der Waals surface area contributed by atoms with Gasteiger partial charge in [-0.1, -0.05) is 12.1 Å². The minimum Gasteiger partial charge on any atom is -0.497 e. The quantitative estimate of drug-likeness (QED) is 0.327. The third-order valence-corrected chi connectivity index (χ3v) is 3.69. The van der Waals surface area contributed by atoms with Gasteiger partial charge in [-0.15, -0.1) is 0 Å². The standard InChI is InChI=1S/C21H20N2O5/c1-26-11-12-28-21(25)16-5-7-18(8-6-16)23-20(24)17(14-22)13-15-3-9-19(27-2)10-4-15/h3-10,13H,11-12H2,1-2H3,(H,23,24). The topological polar surface area (TPSA) is 97.6 Å². The maximum Gasteiger partial charge on any atom is 0.338 e. The molecule has 0 aliphatic rings.